The van der Waals surface area contributed by atoms with E-state index in [2.05, 4.69) is 47.8 Å². The molecule has 0 aliphatic carbocycles. The van der Waals surface area contributed by atoms with Crippen molar-refractivity contribution in [3.8, 4) is 0 Å². The zero-order valence-electron chi connectivity index (χ0n) is 14.9. The van der Waals surface area contributed by atoms with Crippen molar-refractivity contribution in [3.05, 3.63) is 65.7 Å². The molecule has 1 aromatic carbocycles. The number of benzene rings is 1. The molecule has 0 bridgehead atoms. The lowest BCUT2D eigenvalue weighted by Gasteiger charge is -2.30. The number of anilines is 2. The van der Waals surface area contributed by atoms with Crippen LogP contribution in [0.5, 0.6) is 0 Å². The summed E-state index contributed by atoms with van der Waals surface area (Å²) in [5.74, 6) is 1.21. The fourth-order valence-corrected chi connectivity index (χ4v) is 3.03. The van der Waals surface area contributed by atoms with Gasteiger partial charge in [-0.1, -0.05) is 30.3 Å². The van der Waals surface area contributed by atoms with Gasteiger partial charge in [0.05, 0.1) is 12.4 Å². The van der Waals surface area contributed by atoms with Crippen LogP contribution in [-0.2, 0) is 13.0 Å². The van der Waals surface area contributed by atoms with Gasteiger partial charge in [-0.15, -0.1) is 0 Å². The smallest absolute Gasteiger partial charge is 0.271 e. The average Bonchev–Trinajstić information content (AvgIpc) is 3.22. The summed E-state index contributed by atoms with van der Waals surface area (Å²) >= 11 is 0. The highest BCUT2D eigenvalue weighted by Crippen LogP contribution is 2.26. The summed E-state index contributed by atoms with van der Waals surface area (Å²) in [5, 5.41) is 12.8. The van der Waals surface area contributed by atoms with Gasteiger partial charge in [0.25, 0.3) is 5.91 Å². The van der Waals surface area contributed by atoms with Crippen LogP contribution in [0.15, 0.2) is 48.9 Å². The first kappa shape index (κ1) is 17.0. The maximum Gasteiger partial charge on any atom is 0.271 e. The van der Waals surface area contributed by atoms with E-state index >= 15 is 0 Å². The van der Waals surface area contributed by atoms with Gasteiger partial charge in [-0.2, -0.15) is 5.10 Å². The fraction of sp³-hybridized carbons (Fsp3) is 0.263. The molecule has 8 heteroatoms. The molecule has 3 aromatic rings. The van der Waals surface area contributed by atoms with Gasteiger partial charge in [0.1, 0.15) is 5.69 Å². The van der Waals surface area contributed by atoms with Gasteiger partial charge >= 0.3 is 0 Å². The SMILES string of the molecule is O=C(NCCc1cn[nH]c1)c1cnc2c(n1)N(Cc1ccccc1)CCN2. The lowest BCUT2D eigenvalue weighted by Crippen LogP contribution is -2.36. The van der Waals surface area contributed by atoms with Crippen LogP contribution in [-0.4, -0.2) is 45.7 Å². The Balaban J connectivity index is 1.45. The van der Waals surface area contributed by atoms with Crippen molar-refractivity contribution in [1.29, 1.82) is 0 Å². The molecule has 1 aliphatic heterocycles. The standard InChI is InChI=1S/C19H21N7O/c27-19(21-7-6-15-10-23-24-11-15)16-12-22-17-18(25-16)26(9-8-20-17)13-14-4-2-1-3-5-14/h1-5,10-12H,6-9,13H2,(H,20,22)(H,21,27)(H,23,24). The first-order chi connectivity index (χ1) is 13.3. The summed E-state index contributed by atoms with van der Waals surface area (Å²) in [5.41, 5.74) is 2.56. The van der Waals surface area contributed by atoms with Gasteiger partial charge in [-0.3, -0.25) is 9.89 Å². The number of carbonyl (C=O) groups excluding carboxylic acids is 1. The molecule has 0 radical (unpaired) electrons. The number of nitrogens with zero attached hydrogens (tertiary/aromatic N) is 4. The topological polar surface area (TPSA) is 98.8 Å². The highest BCUT2D eigenvalue weighted by Gasteiger charge is 2.21. The molecule has 0 spiro atoms. The molecular weight excluding hydrogens is 342 g/mol. The lowest BCUT2D eigenvalue weighted by atomic mass is 10.2. The van der Waals surface area contributed by atoms with Crippen LogP contribution in [0.25, 0.3) is 0 Å². The number of H-pyrrole nitrogens is 1. The van der Waals surface area contributed by atoms with Gasteiger partial charge in [-0.05, 0) is 17.5 Å². The largest absolute Gasteiger partial charge is 0.365 e. The lowest BCUT2D eigenvalue weighted by molar-refractivity contribution is 0.0949. The summed E-state index contributed by atoms with van der Waals surface area (Å²) in [6, 6.07) is 10.2. The predicted molar refractivity (Wildman–Crippen MR) is 103 cm³/mol. The highest BCUT2D eigenvalue weighted by atomic mass is 16.1. The number of aromatic nitrogens is 4. The number of nitrogens with one attached hydrogen (secondary N) is 3. The number of rotatable bonds is 6. The average molecular weight is 363 g/mol. The minimum absolute atomic E-state index is 0.223. The van der Waals surface area contributed by atoms with Crippen LogP contribution in [0, 0.1) is 0 Å². The van der Waals surface area contributed by atoms with Crippen LogP contribution in [0.2, 0.25) is 0 Å². The first-order valence-electron chi connectivity index (χ1n) is 8.95. The van der Waals surface area contributed by atoms with Crippen LogP contribution >= 0.6 is 0 Å². The van der Waals surface area contributed by atoms with Crippen LogP contribution in [0.1, 0.15) is 21.6 Å². The Bertz CT molecular complexity index is 896. The van der Waals surface area contributed by atoms with Crippen LogP contribution in [0.4, 0.5) is 11.6 Å². The maximum atomic E-state index is 12.4. The van der Waals surface area contributed by atoms with E-state index in [1.54, 1.807) is 6.20 Å². The second-order valence-electron chi connectivity index (χ2n) is 6.37. The summed E-state index contributed by atoms with van der Waals surface area (Å²) in [6.07, 6.45) is 5.79. The van der Waals surface area contributed by atoms with E-state index in [1.807, 2.05) is 24.4 Å². The summed E-state index contributed by atoms with van der Waals surface area (Å²) in [4.78, 5) is 23.6. The number of hydrogen-bond donors (Lipinski definition) is 3. The first-order valence-corrected chi connectivity index (χ1v) is 8.95. The van der Waals surface area contributed by atoms with Crippen molar-refractivity contribution >= 4 is 17.5 Å². The van der Waals surface area contributed by atoms with E-state index in [4.69, 9.17) is 0 Å². The summed E-state index contributed by atoms with van der Waals surface area (Å²) in [7, 11) is 0. The van der Waals surface area contributed by atoms with Gasteiger partial charge in [0.2, 0.25) is 0 Å². The molecule has 0 fully saturated rings. The second-order valence-corrected chi connectivity index (χ2v) is 6.37. The number of amides is 1. The third kappa shape index (κ3) is 4.05. The third-order valence-corrected chi connectivity index (χ3v) is 4.43. The minimum Gasteiger partial charge on any atom is -0.365 e. The van der Waals surface area contributed by atoms with Crippen molar-refractivity contribution in [2.75, 3.05) is 29.9 Å². The summed E-state index contributed by atoms with van der Waals surface area (Å²) in [6.45, 7) is 2.85. The quantitative estimate of drug-likeness (QED) is 0.615. The van der Waals surface area contributed by atoms with E-state index < -0.39 is 0 Å². The minimum atomic E-state index is -0.223. The van der Waals surface area contributed by atoms with Gasteiger partial charge in [0.15, 0.2) is 11.6 Å². The summed E-state index contributed by atoms with van der Waals surface area (Å²) < 4.78 is 0. The Morgan fingerprint density at radius 3 is 2.89 bits per heavy atom. The zero-order chi connectivity index (χ0) is 18.5. The molecule has 0 saturated heterocycles. The zero-order valence-corrected chi connectivity index (χ0v) is 14.9. The van der Waals surface area contributed by atoms with Crippen molar-refractivity contribution in [1.82, 2.24) is 25.5 Å². The molecule has 4 rings (SSSR count). The van der Waals surface area contributed by atoms with E-state index in [0.717, 1.165) is 25.2 Å². The molecule has 27 heavy (non-hydrogen) atoms. The molecule has 2 aromatic heterocycles. The molecule has 0 atom stereocenters. The van der Waals surface area contributed by atoms with Crippen LogP contribution in [0.3, 0.4) is 0 Å². The van der Waals surface area contributed by atoms with E-state index in [1.165, 1.54) is 11.8 Å². The van der Waals surface area contributed by atoms with Gasteiger partial charge in [0, 0.05) is 32.4 Å². The molecule has 1 amide bonds. The van der Waals surface area contributed by atoms with Crippen molar-refractivity contribution < 1.29 is 4.79 Å². The molecule has 138 valence electrons. The number of hydrogen-bond acceptors (Lipinski definition) is 6. The van der Waals surface area contributed by atoms with Crippen molar-refractivity contribution in [2.45, 2.75) is 13.0 Å². The molecule has 3 N–H and O–H groups in total. The molecule has 1 aliphatic rings. The Kier molecular flexibility index (Phi) is 4.95. The molecule has 8 nitrogen and oxygen atoms in total. The predicted octanol–water partition coefficient (Wildman–Crippen LogP) is 1.60. The van der Waals surface area contributed by atoms with Gasteiger partial charge in [-0.25, -0.2) is 9.97 Å². The Hall–Kier alpha value is -3.42. The monoisotopic (exact) mass is 363 g/mol. The van der Waals surface area contributed by atoms with E-state index in [9.17, 15) is 4.79 Å². The van der Waals surface area contributed by atoms with E-state index in [0.29, 0.717) is 30.3 Å². The second kappa shape index (κ2) is 7.86. The number of aromatic amines is 1. The van der Waals surface area contributed by atoms with Gasteiger partial charge < -0.3 is 15.5 Å². The highest BCUT2D eigenvalue weighted by molar-refractivity contribution is 5.92. The molecule has 3 heterocycles. The third-order valence-electron chi connectivity index (χ3n) is 4.43. The Labute approximate surface area is 157 Å². The Morgan fingerprint density at radius 2 is 2.07 bits per heavy atom. The Morgan fingerprint density at radius 1 is 1.19 bits per heavy atom. The molecule has 0 saturated carbocycles. The van der Waals surface area contributed by atoms with Crippen molar-refractivity contribution in [2.24, 2.45) is 0 Å². The molecular formula is C19H21N7O. The van der Waals surface area contributed by atoms with Crippen molar-refractivity contribution in [3.63, 3.8) is 0 Å². The van der Waals surface area contributed by atoms with Crippen LogP contribution < -0.4 is 15.5 Å². The van der Waals surface area contributed by atoms with E-state index in [-0.39, 0.29) is 5.91 Å². The number of fused-ring (bicyclic) bond motifs is 1. The normalized spacial score (nSPS) is 13.0. The molecule has 0 unspecified atom stereocenters. The maximum absolute atomic E-state index is 12.4. The fourth-order valence-electron chi connectivity index (χ4n) is 3.03. The number of carbonyl (C=O) groups is 1.